The van der Waals surface area contributed by atoms with E-state index < -0.39 is 12.1 Å². The zero-order valence-corrected chi connectivity index (χ0v) is 10.9. The fourth-order valence-corrected chi connectivity index (χ4v) is 1.84. The molecule has 102 valence electrons. The van der Waals surface area contributed by atoms with Crippen LogP contribution < -0.4 is 11.5 Å². The van der Waals surface area contributed by atoms with Gasteiger partial charge in [0.15, 0.2) is 0 Å². The fourth-order valence-electron chi connectivity index (χ4n) is 1.84. The lowest BCUT2D eigenvalue weighted by Gasteiger charge is -2.21. The quantitative estimate of drug-likeness (QED) is 0.373. The number of hydrogen-bond acceptors (Lipinski definition) is 4. The predicted octanol–water partition coefficient (Wildman–Crippen LogP) is 0.977. The highest BCUT2D eigenvalue weighted by Crippen LogP contribution is 2.05. The lowest BCUT2D eigenvalue weighted by Crippen LogP contribution is -2.45. The van der Waals surface area contributed by atoms with Crippen molar-refractivity contribution in [2.24, 2.45) is 11.5 Å². The number of aliphatic carboxylic acids is 1. The minimum atomic E-state index is -0.823. The smallest absolute Gasteiger partial charge is 0.317 e. The number of rotatable bonds is 11. The molecule has 0 saturated heterocycles. The first-order valence-electron chi connectivity index (χ1n) is 6.51. The van der Waals surface area contributed by atoms with Gasteiger partial charge in [-0.15, -0.1) is 0 Å². The van der Waals surface area contributed by atoms with E-state index >= 15 is 0 Å². The summed E-state index contributed by atoms with van der Waals surface area (Å²) in [6.07, 6.45) is 6.73. The van der Waals surface area contributed by atoms with Gasteiger partial charge in [-0.2, -0.15) is 0 Å². The summed E-state index contributed by atoms with van der Waals surface area (Å²) in [5.74, 6) is -0.823. The summed E-state index contributed by atoms with van der Waals surface area (Å²) < 4.78 is 0. The van der Waals surface area contributed by atoms with Crippen molar-refractivity contribution in [1.29, 1.82) is 0 Å². The van der Waals surface area contributed by atoms with E-state index in [1.165, 1.54) is 25.7 Å². The van der Waals surface area contributed by atoms with Crippen LogP contribution >= 0.6 is 0 Å². The molecule has 0 rings (SSSR count). The molecule has 0 heterocycles. The topological polar surface area (TPSA) is 92.6 Å². The van der Waals surface area contributed by atoms with E-state index in [9.17, 15) is 4.79 Å². The van der Waals surface area contributed by atoms with Crippen molar-refractivity contribution in [2.45, 2.75) is 51.6 Å². The zero-order valence-electron chi connectivity index (χ0n) is 10.9. The van der Waals surface area contributed by atoms with E-state index in [-0.39, 0.29) is 6.54 Å². The van der Waals surface area contributed by atoms with Crippen LogP contribution in [-0.4, -0.2) is 41.8 Å². The number of hydrogen-bond donors (Lipinski definition) is 3. The van der Waals surface area contributed by atoms with Gasteiger partial charge in [0.2, 0.25) is 0 Å². The average Bonchev–Trinajstić information content (AvgIpc) is 2.21. The molecule has 17 heavy (non-hydrogen) atoms. The standard InChI is InChI=1S/C12H27N3O2/c1-2-3-4-5-6-7-8-15(9-11(13)14)10-12(16)17/h11H,2-10,13-14H2,1H3,(H,16,17). The lowest BCUT2D eigenvalue weighted by molar-refractivity contribution is -0.138. The minimum Gasteiger partial charge on any atom is -0.480 e. The van der Waals surface area contributed by atoms with Gasteiger partial charge in [0.1, 0.15) is 0 Å². The molecule has 0 spiro atoms. The summed E-state index contributed by atoms with van der Waals surface area (Å²) in [4.78, 5) is 12.5. The summed E-state index contributed by atoms with van der Waals surface area (Å²) in [5, 5.41) is 8.75. The van der Waals surface area contributed by atoms with Crippen molar-refractivity contribution in [3.8, 4) is 0 Å². The first kappa shape index (κ1) is 16.4. The Morgan fingerprint density at radius 2 is 1.76 bits per heavy atom. The van der Waals surface area contributed by atoms with Crippen LogP contribution in [0.2, 0.25) is 0 Å². The second-order valence-electron chi connectivity index (χ2n) is 4.56. The summed E-state index contributed by atoms with van der Waals surface area (Å²) in [5.41, 5.74) is 11.0. The van der Waals surface area contributed by atoms with Gasteiger partial charge in [-0.05, 0) is 13.0 Å². The van der Waals surface area contributed by atoms with Gasteiger partial charge in [0, 0.05) is 6.54 Å². The van der Waals surface area contributed by atoms with Gasteiger partial charge in [0.25, 0.3) is 0 Å². The van der Waals surface area contributed by atoms with Gasteiger partial charge in [-0.25, -0.2) is 0 Å². The van der Waals surface area contributed by atoms with E-state index in [4.69, 9.17) is 16.6 Å². The van der Waals surface area contributed by atoms with Gasteiger partial charge in [-0.3, -0.25) is 9.69 Å². The van der Waals surface area contributed by atoms with E-state index in [1.807, 2.05) is 4.90 Å². The minimum absolute atomic E-state index is 0.0276. The van der Waals surface area contributed by atoms with Crippen LogP contribution in [0.15, 0.2) is 0 Å². The highest BCUT2D eigenvalue weighted by Gasteiger charge is 2.10. The molecule has 0 unspecified atom stereocenters. The highest BCUT2D eigenvalue weighted by molar-refractivity contribution is 5.69. The maximum Gasteiger partial charge on any atom is 0.317 e. The molecule has 0 aliphatic rings. The van der Waals surface area contributed by atoms with Crippen LogP contribution in [0, 0.1) is 0 Å². The number of carboxylic acid groups (broad SMARTS) is 1. The van der Waals surface area contributed by atoms with Crippen molar-refractivity contribution >= 4 is 5.97 Å². The second kappa shape index (κ2) is 10.5. The molecule has 0 saturated carbocycles. The first-order valence-corrected chi connectivity index (χ1v) is 6.51. The molecule has 0 radical (unpaired) electrons. The Hall–Kier alpha value is -0.650. The van der Waals surface area contributed by atoms with Crippen molar-refractivity contribution in [3.63, 3.8) is 0 Å². The first-order chi connectivity index (χ1) is 8.06. The fraction of sp³-hybridized carbons (Fsp3) is 0.917. The molecular formula is C12H27N3O2. The maximum atomic E-state index is 10.6. The van der Waals surface area contributed by atoms with Crippen molar-refractivity contribution in [2.75, 3.05) is 19.6 Å². The van der Waals surface area contributed by atoms with Crippen LogP contribution in [0.4, 0.5) is 0 Å². The van der Waals surface area contributed by atoms with Crippen LogP contribution in [-0.2, 0) is 4.79 Å². The third kappa shape index (κ3) is 11.6. The van der Waals surface area contributed by atoms with Crippen LogP contribution in [0.1, 0.15) is 45.4 Å². The zero-order chi connectivity index (χ0) is 13.1. The summed E-state index contributed by atoms with van der Waals surface area (Å²) >= 11 is 0. The van der Waals surface area contributed by atoms with E-state index in [0.717, 1.165) is 19.4 Å². The molecule has 0 atom stereocenters. The Kier molecular flexibility index (Phi) is 10.1. The molecule has 5 heteroatoms. The van der Waals surface area contributed by atoms with Gasteiger partial charge in [-0.1, -0.05) is 39.0 Å². The molecule has 0 aliphatic heterocycles. The second-order valence-corrected chi connectivity index (χ2v) is 4.56. The van der Waals surface area contributed by atoms with Crippen LogP contribution in [0.5, 0.6) is 0 Å². The monoisotopic (exact) mass is 245 g/mol. The Bertz CT molecular complexity index is 198. The van der Waals surface area contributed by atoms with Crippen LogP contribution in [0.3, 0.4) is 0 Å². The molecule has 0 fully saturated rings. The van der Waals surface area contributed by atoms with E-state index in [0.29, 0.717) is 6.54 Å². The third-order valence-corrected chi connectivity index (χ3v) is 2.66. The summed E-state index contributed by atoms with van der Waals surface area (Å²) in [7, 11) is 0. The van der Waals surface area contributed by atoms with Crippen molar-refractivity contribution in [3.05, 3.63) is 0 Å². The number of carbonyl (C=O) groups is 1. The van der Waals surface area contributed by atoms with Gasteiger partial charge in [0.05, 0.1) is 12.7 Å². The molecular weight excluding hydrogens is 218 g/mol. The summed E-state index contributed by atoms with van der Waals surface area (Å²) in [6.45, 7) is 3.43. The molecule has 0 aromatic rings. The Labute approximate surface area is 104 Å². The lowest BCUT2D eigenvalue weighted by atomic mass is 10.1. The third-order valence-electron chi connectivity index (χ3n) is 2.66. The number of nitrogens with two attached hydrogens (primary N) is 2. The predicted molar refractivity (Wildman–Crippen MR) is 69.6 cm³/mol. The molecule has 0 aliphatic carbocycles. The largest absolute Gasteiger partial charge is 0.480 e. The molecule has 0 bridgehead atoms. The average molecular weight is 245 g/mol. The SMILES string of the molecule is CCCCCCCCN(CC(=O)O)CC(N)N. The number of unbranched alkanes of at least 4 members (excludes halogenated alkanes) is 5. The molecule has 0 amide bonds. The number of nitrogens with zero attached hydrogens (tertiary/aromatic N) is 1. The van der Waals surface area contributed by atoms with E-state index in [2.05, 4.69) is 6.92 Å². The van der Waals surface area contributed by atoms with Gasteiger partial charge >= 0.3 is 5.97 Å². The van der Waals surface area contributed by atoms with Crippen molar-refractivity contribution in [1.82, 2.24) is 4.90 Å². The molecule has 5 N–H and O–H groups in total. The van der Waals surface area contributed by atoms with Gasteiger partial charge < -0.3 is 16.6 Å². The molecule has 0 aromatic carbocycles. The molecule has 0 aromatic heterocycles. The Morgan fingerprint density at radius 1 is 1.18 bits per heavy atom. The number of carboxylic acids is 1. The Morgan fingerprint density at radius 3 is 2.29 bits per heavy atom. The molecule has 5 nitrogen and oxygen atoms in total. The maximum absolute atomic E-state index is 10.6. The van der Waals surface area contributed by atoms with E-state index in [1.54, 1.807) is 0 Å². The highest BCUT2D eigenvalue weighted by atomic mass is 16.4. The normalized spacial score (nSPS) is 11.4. The van der Waals surface area contributed by atoms with Crippen LogP contribution in [0.25, 0.3) is 0 Å². The summed E-state index contributed by atoms with van der Waals surface area (Å²) in [6, 6.07) is 0. The van der Waals surface area contributed by atoms with Crippen molar-refractivity contribution < 1.29 is 9.90 Å². The Balaban J connectivity index is 3.64.